The third kappa shape index (κ3) is 4.24. The number of hydrogen-bond donors (Lipinski definition) is 2. The number of carbonyl (C=O) groups excluding carboxylic acids is 1. The number of H-pyrrole nitrogens is 1. The normalized spacial score (nSPS) is 10.9. The van der Waals surface area contributed by atoms with E-state index in [2.05, 4.69) is 15.5 Å². The standard InChI is InChI=1S/C18H14ClN3O3/c19-14-6-2-4-8-16(14)25-11-17(23)22-20-10-13-9-12-5-1-3-7-15(12)21-18(13)24/h1-10H,11H2,(H,21,24)(H,22,23)/b20-10-. The molecule has 0 bridgehead atoms. The number of ether oxygens (including phenoxy) is 1. The summed E-state index contributed by atoms with van der Waals surface area (Å²) in [4.78, 5) is 26.4. The van der Waals surface area contributed by atoms with Gasteiger partial charge in [-0.05, 0) is 29.7 Å². The topological polar surface area (TPSA) is 83.5 Å². The summed E-state index contributed by atoms with van der Waals surface area (Å²) >= 11 is 5.93. The molecule has 0 fully saturated rings. The van der Waals surface area contributed by atoms with E-state index in [4.69, 9.17) is 16.3 Å². The van der Waals surface area contributed by atoms with Crippen LogP contribution in [0.15, 0.2) is 64.5 Å². The summed E-state index contributed by atoms with van der Waals surface area (Å²) in [6.07, 6.45) is 1.29. The van der Waals surface area contributed by atoms with Crippen LogP contribution in [0.25, 0.3) is 10.9 Å². The van der Waals surface area contributed by atoms with Gasteiger partial charge in [-0.25, -0.2) is 5.43 Å². The van der Waals surface area contributed by atoms with Crippen LogP contribution in [-0.4, -0.2) is 23.7 Å². The van der Waals surface area contributed by atoms with Gasteiger partial charge in [-0.1, -0.05) is 41.9 Å². The SMILES string of the molecule is O=C(COc1ccccc1Cl)N/N=C\c1cc2ccccc2[nH]c1=O. The van der Waals surface area contributed by atoms with Crippen LogP contribution in [0.3, 0.4) is 0 Å². The quantitative estimate of drug-likeness (QED) is 0.545. The Morgan fingerprint density at radius 2 is 1.96 bits per heavy atom. The number of benzene rings is 2. The van der Waals surface area contributed by atoms with Gasteiger partial charge >= 0.3 is 0 Å². The van der Waals surface area contributed by atoms with E-state index in [1.54, 1.807) is 30.3 Å². The molecule has 0 spiro atoms. The zero-order chi connectivity index (χ0) is 17.6. The molecule has 0 radical (unpaired) electrons. The molecule has 1 heterocycles. The van der Waals surface area contributed by atoms with Crippen LogP contribution in [-0.2, 0) is 4.79 Å². The number of carbonyl (C=O) groups is 1. The Kier molecular flexibility index (Phi) is 5.11. The molecule has 0 aliphatic rings. The highest BCUT2D eigenvalue weighted by molar-refractivity contribution is 6.32. The third-order valence-electron chi connectivity index (χ3n) is 3.37. The summed E-state index contributed by atoms with van der Waals surface area (Å²) in [5.41, 5.74) is 3.09. The summed E-state index contributed by atoms with van der Waals surface area (Å²) in [6.45, 7) is -0.241. The van der Waals surface area contributed by atoms with Crippen LogP contribution >= 0.6 is 11.6 Å². The fraction of sp³-hybridized carbons (Fsp3) is 0.0556. The van der Waals surface area contributed by atoms with E-state index in [-0.39, 0.29) is 12.2 Å². The van der Waals surface area contributed by atoms with Crippen molar-refractivity contribution >= 4 is 34.6 Å². The molecule has 0 saturated heterocycles. The molecule has 1 aromatic heterocycles. The van der Waals surface area contributed by atoms with Crippen LogP contribution < -0.4 is 15.7 Å². The molecule has 0 atom stereocenters. The van der Waals surface area contributed by atoms with E-state index in [0.717, 1.165) is 10.9 Å². The lowest BCUT2D eigenvalue weighted by Gasteiger charge is -2.06. The summed E-state index contributed by atoms with van der Waals surface area (Å²) in [6, 6.07) is 15.9. The monoisotopic (exact) mass is 355 g/mol. The number of hydrogen-bond acceptors (Lipinski definition) is 4. The number of fused-ring (bicyclic) bond motifs is 1. The molecule has 2 aromatic carbocycles. The lowest BCUT2D eigenvalue weighted by molar-refractivity contribution is -0.123. The summed E-state index contributed by atoms with van der Waals surface area (Å²) < 4.78 is 5.30. The van der Waals surface area contributed by atoms with Crippen molar-refractivity contribution < 1.29 is 9.53 Å². The van der Waals surface area contributed by atoms with Gasteiger partial charge < -0.3 is 9.72 Å². The highest BCUT2D eigenvalue weighted by atomic mass is 35.5. The number of amides is 1. The maximum atomic E-state index is 12.0. The smallest absolute Gasteiger partial charge is 0.277 e. The van der Waals surface area contributed by atoms with E-state index < -0.39 is 5.91 Å². The minimum atomic E-state index is -0.464. The maximum absolute atomic E-state index is 12.0. The van der Waals surface area contributed by atoms with Gasteiger partial charge in [0.25, 0.3) is 11.5 Å². The molecule has 2 N–H and O–H groups in total. The fourth-order valence-electron chi connectivity index (χ4n) is 2.17. The largest absolute Gasteiger partial charge is 0.482 e. The van der Waals surface area contributed by atoms with Gasteiger partial charge in [-0.3, -0.25) is 9.59 Å². The fourth-order valence-corrected chi connectivity index (χ4v) is 2.36. The Morgan fingerprint density at radius 1 is 1.20 bits per heavy atom. The predicted molar refractivity (Wildman–Crippen MR) is 97.3 cm³/mol. The lowest BCUT2D eigenvalue weighted by atomic mass is 10.2. The first-order valence-corrected chi connectivity index (χ1v) is 7.82. The van der Waals surface area contributed by atoms with Crippen LogP contribution in [0.2, 0.25) is 5.02 Å². The minimum Gasteiger partial charge on any atom is -0.482 e. The molecule has 3 rings (SSSR count). The number of nitrogens with zero attached hydrogens (tertiary/aromatic N) is 1. The first-order chi connectivity index (χ1) is 12.1. The second-order valence-corrected chi connectivity index (χ2v) is 5.56. The summed E-state index contributed by atoms with van der Waals surface area (Å²) in [7, 11) is 0. The van der Waals surface area contributed by atoms with E-state index in [0.29, 0.717) is 16.3 Å². The molecule has 3 aromatic rings. The number of para-hydroxylation sites is 2. The summed E-state index contributed by atoms with van der Waals surface area (Å²) in [5.74, 6) is -0.0531. The van der Waals surface area contributed by atoms with Crippen molar-refractivity contribution in [2.24, 2.45) is 5.10 Å². The Morgan fingerprint density at radius 3 is 2.80 bits per heavy atom. The third-order valence-corrected chi connectivity index (χ3v) is 3.68. The Bertz CT molecular complexity index is 998. The zero-order valence-corrected chi connectivity index (χ0v) is 13.8. The van der Waals surface area contributed by atoms with E-state index in [9.17, 15) is 9.59 Å². The van der Waals surface area contributed by atoms with Crippen molar-refractivity contribution in [3.63, 3.8) is 0 Å². The zero-order valence-electron chi connectivity index (χ0n) is 13.0. The molecule has 0 aliphatic heterocycles. The predicted octanol–water partition coefficient (Wildman–Crippen LogP) is 2.71. The van der Waals surface area contributed by atoms with Gasteiger partial charge in [-0.15, -0.1) is 0 Å². The molecule has 0 aliphatic carbocycles. The molecule has 25 heavy (non-hydrogen) atoms. The van der Waals surface area contributed by atoms with Gasteiger partial charge in [0.15, 0.2) is 6.61 Å². The maximum Gasteiger partial charge on any atom is 0.277 e. The number of hydrazone groups is 1. The minimum absolute atomic E-state index is 0.241. The number of halogens is 1. The molecule has 1 amide bonds. The van der Waals surface area contributed by atoms with Crippen LogP contribution in [0.5, 0.6) is 5.75 Å². The first-order valence-electron chi connectivity index (χ1n) is 7.45. The lowest BCUT2D eigenvalue weighted by Crippen LogP contribution is -2.25. The van der Waals surface area contributed by atoms with Crippen molar-refractivity contribution in [2.75, 3.05) is 6.61 Å². The van der Waals surface area contributed by atoms with Crippen molar-refractivity contribution in [1.29, 1.82) is 0 Å². The molecular formula is C18H14ClN3O3. The average Bonchev–Trinajstić information content (AvgIpc) is 2.61. The second-order valence-electron chi connectivity index (χ2n) is 5.15. The molecule has 0 saturated carbocycles. The van der Waals surface area contributed by atoms with Gasteiger partial charge in [-0.2, -0.15) is 5.10 Å². The Hall–Kier alpha value is -3.12. The molecule has 7 heteroatoms. The van der Waals surface area contributed by atoms with Crippen molar-refractivity contribution in [1.82, 2.24) is 10.4 Å². The van der Waals surface area contributed by atoms with E-state index in [1.165, 1.54) is 6.21 Å². The van der Waals surface area contributed by atoms with Crippen molar-refractivity contribution in [3.8, 4) is 5.75 Å². The number of nitrogens with one attached hydrogen (secondary N) is 2. The van der Waals surface area contributed by atoms with Crippen molar-refractivity contribution in [2.45, 2.75) is 0 Å². The van der Waals surface area contributed by atoms with Gasteiger partial charge in [0.1, 0.15) is 5.75 Å². The van der Waals surface area contributed by atoms with Gasteiger partial charge in [0.05, 0.1) is 16.8 Å². The highest BCUT2D eigenvalue weighted by Gasteiger charge is 2.05. The van der Waals surface area contributed by atoms with Gasteiger partial charge in [0, 0.05) is 5.52 Å². The number of pyridine rings is 1. The van der Waals surface area contributed by atoms with Crippen LogP contribution in [0.4, 0.5) is 0 Å². The van der Waals surface area contributed by atoms with E-state index in [1.807, 2.05) is 24.3 Å². The van der Waals surface area contributed by atoms with E-state index >= 15 is 0 Å². The summed E-state index contributed by atoms with van der Waals surface area (Å²) in [5, 5.41) is 5.08. The second kappa shape index (κ2) is 7.63. The Balaban J connectivity index is 1.61. The van der Waals surface area contributed by atoms with Gasteiger partial charge in [0.2, 0.25) is 0 Å². The molecule has 126 valence electrons. The number of aromatic nitrogens is 1. The van der Waals surface area contributed by atoms with Crippen molar-refractivity contribution in [3.05, 3.63) is 75.5 Å². The Labute approximate surface area is 148 Å². The van der Waals surface area contributed by atoms with Crippen LogP contribution in [0.1, 0.15) is 5.56 Å². The number of aromatic amines is 1. The highest BCUT2D eigenvalue weighted by Crippen LogP contribution is 2.22. The average molecular weight is 356 g/mol. The number of rotatable bonds is 5. The van der Waals surface area contributed by atoms with Crippen LogP contribution in [0, 0.1) is 0 Å². The molecule has 6 nitrogen and oxygen atoms in total. The first kappa shape index (κ1) is 16.7. The molecular weight excluding hydrogens is 342 g/mol. The molecule has 0 unspecified atom stereocenters.